The van der Waals surface area contributed by atoms with Crippen molar-refractivity contribution in [2.75, 3.05) is 19.6 Å². The van der Waals surface area contributed by atoms with E-state index in [1.807, 2.05) is 11.3 Å². The Labute approximate surface area is 129 Å². The zero-order valence-electron chi connectivity index (χ0n) is 13.9. The van der Waals surface area contributed by atoms with Gasteiger partial charge in [0.05, 0.1) is 0 Å². The first-order valence-corrected chi connectivity index (χ1v) is 8.91. The summed E-state index contributed by atoms with van der Waals surface area (Å²) in [5.41, 5.74) is 0.400. The van der Waals surface area contributed by atoms with Crippen LogP contribution in [0.15, 0.2) is 17.5 Å². The Balaban J connectivity index is 2.65. The Kier molecular flexibility index (Phi) is 7.78. The van der Waals surface area contributed by atoms with Gasteiger partial charge in [0.2, 0.25) is 0 Å². The molecule has 0 bridgehead atoms. The SMILES string of the molecule is CCN(Cc1cccs1)CC(CC)(CC)CNC(C)C. The Morgan fingerprint density at radius 3 is 2.40 bits per heavy atom. The molecule has 3 heteroatoms. The van der Waals surface area contributed by atoms with E-state index in [1.165, 1.54) is 24.3 Å². The highest BCUT2D eigenvalue weighted by atomic mass is 32.1. The Morgan fingerprint density at radius 1 is 1.25 bits per heavy atom. The minimum atomic E-state index is 0.400. The van der Waals surface area contributed by atoms with Gasteiger partial charge in [0.15, 0.2) is 0 Å². The monoisotopic (exact) mass is 296 g/mol. The largest absolute Gasteiger partial charge is 0.314 e. The van der Waals surface area contributed by atoms with Crippen LogP contribution in [0.25, 0.3) is 0 Å². The predicted octanol–water partition coefficient (Wildman–Crippen LogP) is 4.37. The van der Waals surface area contributed by atoms with E-state index < -0.39 is 0 Å². The maximum atomic E-state index is 3.65. The van der Waals surface area contributed by atoms with E-state index in [-0.39, 0.29) is 0 Å². The average Bonchev–Trinajstić information content (AvgIpc) is 2.95. The molecule has 0 saturated heterocycles. The van der Waals surface area contributed by atoms with Gasteiger partial charge in [-0.05, 0) is 36.2 Å². The lowest BCUT2D eigenvalue weighted by molar-refractivity contribution is 0.132. The Hall–Kier alpha value is -0.380. The van der Waals surface area contributed by atoms with Gasteiger partial charge in [0.25, 0.3) is 0 Å². The molecule has 0 saturated carbocycles. The molecular formula is C17H32N2S. The number of hydrogen-bond acceptors (Lipinski definition) is 3. The average molecular weight is 297 g/mol. The van der Waals surface area contributed by atoms with E-state index >= 15 is 0 Å². The maximum Gasteiger partial charge on any atom is 0.0328 e. The van der Waals surface area contributed by atoms with E-state index in [2.05, 4.69) is 62.3 Å². The summed E-state index contributed by atoms with van der Waals surface area (Å²) < 4.78 is 0. The predicted molar refractivity (Wildman–Crippen MR) is 91.4 cm³/mol. The van der Waals surface area contributed by atoms with Crippen LogP contribution in [0.5, 0.6) is 0 Å². The molecule has 0 amide bonds. The Morgan fingerprint density at radius 2 is 1.95 bits per heavy atom. The first-order valence-electron chi connectivity index (χ1n) is 8.03. The van der Waals surface area contributed by atoms with E-state index in [4.69, 9.17) is 0 Å². The van der Waals surface area contributed by atoms with Gasteiger partial charge in [-0.1, -0.05) is 40.7 Å². The van der Waals surface area contributed by atoms with Gasteiger partial charge in [-0.3, -0.25) is 4.90 Å². The molecule has 0 aromatic carbocycles. The van der Waals surface area contributed by atoms with E-state index in [1.54, 1.807) is 0 Å². The first-order chi connectivity index (χ1) is 9.55. The molecule has 0 fully saturated rings. The van der Waals surface area contributed by atoms with Crippen molar-refractivity contribution in [2.24, 2.45) is 5.41 Å². The van der Waals surface area contributed by atoms with Gasteiger partial charge in [0.1, 0.15) is 0 Å². The molecule has 1 aromatic heterocycles. The second-order valence-electron chi connectivity index (χ2n) is 6.13. The van der Waals surface area contributed by atoms with Crippen LogP contribution >= 0.6 is 11.3 Å². The van der Waals surface area contributed by atoms with Crippen molar-refractivity contribution in [3.05, 3.63) is 22.4 Å². The summed E-state index contributed by atoms with van der Waals surface area (Å²) in [4.78, 5) is 4.07. The van der Waals surface area contributed by atoms with Gasteiger partial charge in [-0.15, -0.1) is 11.3 Å². The second kappa shape index (κ2) is 8.81. The van der Waals surface area contributed by atoms with Crippen LogP contribution in [0.3, 0.4) is 0 Å². The molecule has 2 nitrogen and oxygen atoms in total. The number of nitrogens with one attached hydrogen (secondary N) is 1. The first kappa shape index (κ1) is 17.7. The molecule has 0 spiro atoms. The molecule has 1 rings (SSSR count). The van der Waals surface area contributed by atoms with Gasteiger partial charge in [0, 0.05) is 30.6 Å². The topological polar surface area (TPSA) is 15.3 Å². The molecule has 0 atom stereocenters. The van der Waals surface area contributed by atoms with Crippen LogP contribution in [0.4, 0.5) is 0 Å². The highest BCUT2D eigenvalue weighted by Gasteiger charge is 2.28. The number of hydrogen-bond donors (Lipinski definition) is 1. The van der Waals surface area contributed by atoms with Gasteiger partial charge in [-0.2, -0.15) is 0 Å². The molecule has 1 heterocycles. The van der Waals surface area contributed by atoms with Crippen LogP contribution in [0.2, 0.25) is 0 Å². The summed E-state index contributed by atoms with van der Waals surface area (Å²) in [6, 6.07) is 4.97. The van der Waals surface area contributed by atoms with Crippen LogP contribution in [0, 0.1) is 5.41 Å². The molecule has 116 valence electrons. The number of rotatable bonds is 10. The fraction of sp³-hybridized carbons (Fsp3) is 0.765. The fourth-order valence-electron chi connectivity index (χ4n) is 2.58. The molecule has 20 heavy (non-hydrogen) atoms. The third-order valence-electron chi connectivity index (χ3n) is 4.35. The molecule has 0 aliphatic heterocycles. The summed E-state index contributed by atoms with van der Waals surface area (Å²) in [7, 11) is 0. The van der Waals surface area contributed by atoms with E-state index in [0.717, 1.165) is 19.6 Å². The zero-order valence-corrected chi connectivity index (χ0v) is 14.7. The highest BCUT2D eigenvalue weighted by molar-refractivity contribution is 7.09. The molecule has 1 aromatic rings. The third kappa shape index (κ3) is 5.55. The lowest BCUT2D eigenvalue weighted by Gasteiger charge is -2.37. The summed E-state index contributed by atoms with van der Waals surface area (Å²) >= 11 is 1.87. The quantitative estimate of drug-likeness (QED) is 0.689. The number of thiophene rings is 1. The van der Waals surface area contributed by atoms with Gasteiger partial charge < -0.3 is 5.32 Å². The van der Waals surface area contributed by atoms with Crippen molar-refractivity contribution in [1.29, 1.82) is 0 Å². The standard InChI is InChI=1S/C17H32N2S/c1-6-17(7-2,13-18-15(4)5)14-19(8-3)12-16-10-9-11-20-16/h9-11,15,18H,6-8,12-14H2,1-5H3. The van der Waals surface area contributed by atoms with Crippen LogP contribution in [0.1, 0.15) is 52.3 Å². The molecule has 1 N–H and O–H groups in total. The second-order valence-corrected chi connectivity index (χ2v) is 7.16. The normalized spacial score (nSPS) is 12.6. The van der Waals surface area contributed by atoms with Crippen molar-refractivity contribution in [3.63, 3.8) is 0 Å². The van der Waals surface area contributed by atoms with Crippen molar-refractivity contribution in [2.45, 2.75) is 60.0 Å². The Bertz CT molecular complexity index is 342. The summed E-state index contributed by atoms with van der Waals surface area (Å²) in [6.07, 6.45) is 2.48. The van der Waals surface area contributed by atoms with Gasteiger partial charge in [-0.25, -0.2) is 0 Å². The maximum absolute atomic E-state index is 3.65. The molecule has 0 unspecified atom stereocenters. The van der Waals surface area contributed by atoms with Crippen molar-refractivity contribution in [3.8, 4) is 0 Å². The number of nitrogens with zero attached hydrogens (tertiary/aromatic N) is 1. The summed E-state index contributed by atoms with van der Waals surface area (Å²) in [5, 5.41) is 5.83. The lowest BCUT2D eigenvalue weighted by Crippen LogP contribution is -2.44. The third-order valence-corrected chi connectivity index (χ3v) is 5.21. The zero-order chi connectivity index (χ0) is 15.0. The van der Waals surface area contributed by atoms with Crippen LogP contribution in [-0.2, 0) is 6.54 Å². The smallest absolute Gasteiger partial charge is 0.0328 e. The molecule has 0 aliphatic carbocycles. The van der Waals surface area contributed by atoms with Crippen LogP contribution in [-0.4, -0.2) is 30.6 Å². The minimum absolute atomic E-state index is 0.400. The van der Waals surface area contributed by atoms with Crippen molar-refractivity contribution in [1.82, 2.24) is 10.2 Å². The molecular weight excluding hydrogens is 264 g/mol. The van der Waals surface area contributed by atoms with Crippen molar-refractivity contribution >= 4 is 11.3 Å². The fourth-order valence-corrected chi connectivity index (χ4v) is 3.32. The molecule has 0 radical (unpaired) electrons. The molecule has 0 aliphatic rings. The van der Waals surface area contributed by atoms with E-state index in [0.29, 0.717) is 11.5 Å². The van der Waals surface area contributed by atoms with Crippen molar-refractivity contribution < 1.29 is 0 Å². The summed E-state index contributed by atoms with van der Waals surface area (Å²) in [6.45, 7) is 16.0. The summed E-state index contributed by atoms with van der Waals surface area (Å²) in [5.74, 6) is 0. The lowest BCUT2D eigenvalue weighted by atomic mass is 9.81. The van der Waals surface area contributed by atoms with E-state index in [9.17, 15) is 0 Å². The van der Waals surface area contributed by atoms with Gasteiger partial charge >= 0.3 is 0 Å². The highest BCUT2D eigenvalue weighted by Crippen LogP contribution is 2.28. The van der Waals surface area contributed by atoms with Crippen LogP contribution < -0.4 is 5.32 Å². The minimum Gasteiger partial charge on any atom is -0.314 e.